The number of benzene rings is 1. The number of hydrogen-bond donors (Lipinski definition) is 0. The van der Waals surface area contributed by atoms with Crippen LogP contribution in [0.4, 0.5) is 4.39 Å². The Bertz CT molecular complexity index is 416. The lowest BCUT2D eigenvalue weighted by Crippen LogP contribution is -1.86. The maximum absolute atomic E-state index is 12.7. The fourth-order valence-corrected chi connectivity index (χ4v) is 1.68. The van der Waals surface area contributed by atoms with Crippen molar-refractivity contribution in [1.82, 2.24) is 10.1 Å². The Hall–Kier alpha value is -0.980. The van der Waals surface area contributed by atoms with Crippen molar-refractivity contribution in [3.8, 4) is 11.4 Å². The molecule has 0 radical (unpaired) electrons. The van der Waals surface area contributed by atoms with E-state index in [4.69, 9.17) is 0 Å². The smallest absolute Gasteiger partial charge is 0.214 e. The zero-order valence-corrected chi connectivity index (χ0v) is 8.53. The fraction of sp³-hybridized carbons (Fsp3) is 0. The third-order valence-electron chi connectivity index (χ3n) is 1.53. The van der Waals surface area contributed by atoms with Gasteiger partial charge in [0.1, 0.15) is 5.82 Å². The molecule has 0 atom stereocenters. The summed E-state index contributed by atoms with van der Waals surface area (Å²) in [7, 11) is 0. The summed E-state index contributed by atoms with van der Waals surface area (Å²) in [5.74, 6) is 0.209. The van der Waals surface area contributed by atoms with E-state index in [1.54, 1.807) is 6.07 Å². The first kappa shape index (κ1) is 8.61. The predicted molar refractivity (Wildman–Crippen MR) is 52.4 cm³/mol. The molecule has 66 valence electrons. The normalized spacial score (nSPS) is 10.3. The molecule has 0 aliphatic heterocycles. The van der Waals surface area contributed by atoms with Crippen molar-refractivity contribution in [3.63, 3.8) is 0 Å². The molecular weight excluding hydrogens is 286 g/mol. The maximum atomic E-state index is 12.7. The Balaban J connectivity index is 2.53. The van der Waals surface area contributed by atoms with E-state index in [-0.39, 0.29) is 5.82 Å². The van der Waals surface area contributed by atoms with E-state index >= 15 is 0 Å². The number of aromatic nitrogens is 2. The van der Waals surface area contributed by atoms with Crippen LogP contribution in [0.15, 0.2) is 29.1 Å². The van der Waals surface area contributed by atoms with Gasteiger partial charge in [0.2, 0.25) is 12.2 Å². The number of nitrogens with zero attached hydrogens (tertiary/aromatic N) is 2. The van der Waals surface area contributed by atoms with Crippen molar-refractivity contribution >= 4 is 22.6 Å². The minimum absolute atomic E-state index is 0.267. The van der Waals surface area contributed by atoms with Gasteiger partial charge in [-0.05, 0) is 40.8 Å². The summed E-state index contributed by atoms with van der Waals surface area (Å²) in [5, 5.41) is 3.66. The van der Waals surface area contributed by atoms with Gasteiger partial charge >= 0.3 is 0 Å². The summed E-state index contributed by atoms with van der Waals surface area (Å²) in [6.45, 7) is 0. The summed E-state index contributed by atoms with van der Waals surface area (Å²) in [4.78, 5) is 3.87. The lowest BCUT2D eigenvalue weighted by atomic mass is 10.2. The molecule has 0 spiro atoms. The second-order valence-electron chi connectivity index (χ2n) is 2.38. The molecule has 13 heavy (non-hydrogen) atoms. The quantitative estimate of drug-likeness (QED) is 0.757. The van der Waals surface area contributed by atoms with Gasteiger partial charge < -0.3 is 4.52 Å². The number of rotatable bonds is 1. The van der Waals surface area contributed by atoms with Crippen molar-refractivity contribution in [2.75, 3.05) is 0 Å². The standard InChI is InChI=1S/C8H4FIN2O/c9-5-1-2-6(7(10)3-5)8-11-4-13-12-8/h1-4H. The minimum atomic E-state index is -0.267. The third-order valence-corrected chi connectivity index (χ3v) is 2.43. The van der Waals surface area contributed by atoms with Gasteiger partial charge in [-0.15, -0.1) is 0 Å². The summed E-state index contributed by atoms with van der Waals surface area (Å²) >= 11 is 2.03. The molecule has 0 fully saturated rings. The van der Waals surface area contributed by atoms with E-state index in [0.717, 1.165) is 9.13 Å². The van der Waals surface area contributed by atoms with E-state index in [2.05, 4.69) is 14.7 Å². The molecule has 0 amide bonds. The van der Waals surface area contributed by atoms with Gasteiger partial charge in [0.05, 0.1) is 0 Å². The van der Waals surface area contributed by atoms with Gasteiger partial charge in [-0.2, -0.15) is 4.98 Å². The van der Waals surface area contributed by atoms with Crippen molar-refractivity contribution in [1.29, 1.82) is 0 Å². The highest BCUT2D eigenvalue weighted by molar-refractivity contribution is 14.1. The molecule has 1 aromatic carbocycles. The second-order valence-corrected chi connectivity index (χ2v) is 3.54. The highest BCUT2D eigenvalue weighted by Gasteiger charge is 2.07. The molecule has 2 rings (SSSR count). The molecule has 0 aliphatic carbocycles. The van der Waals surface area contributed by atoms with Gasteiger partial charge in [0.15, 0.2) is 0 Å². The molecule has 2 aromatic rings. The maximum Gasteiger partial charge on any atom is 0.214 e. The fourth-order valence-electron chi connectivity index (χ4n) is 0.960. The molecule has 0 aliphatic rings. The topological polar surface area (TPSA) is 38.9 Å². The predicted octanol–water partition coefficient (Wildman–Crippen LogP) is 2.48. The third kappa shape index (κ3) is 1.69. The molecule has 3 nitrogen and oxygen atoms in total. The summed E-state index contributed by atoms with van der Waals surface area (Å²) in [6.07, 6.45) is 1.24. The first-order valence-corrected chi connectivity index (χ1v) is 4.57. The Kier molecular flexibility index (Phi) is 2.26. The first-order chi connectivity index (χ1) is 6.27. The van der Waals surface area contributed by atoms with Crippen molar-refractivity contribution in [3.05, 3.63) is 34.0 Å². The number of halogens is 2. The molecule has 0 bridgehead atoms. The molecule has 0 saturated carbocycles. The van der Waals surface area contributed by atoms with Gasteiger partial charge in [-0.1, -0.05) is 5.16 Å². The average molecular weight is 290 g/mol. The average Bonchev–Trinajstić information content (AvgIpc) is 2.56. The molecule has 0 N–H and O–H groups in total. The summed E-state index contributed by atoms with van der Waals surface area (Å²) in [6, 6.07) is 4.42. The van der Waals surface area contributed by atoms with Crippen LogP contribution in [0.25, 0.3) is 11.4 Å². The lowest BCUT2D eigenvalue weighted by Gasteiger charge is -1.97. The zero-order valence-electron chi connectivity index (χ0n) is 6.37. The van der Waals surface area contributed by atoms with Gasteiger partial charge in [0, 0.05) is 9.13 Å². The van der Waals surface area contributed by atoms with Crippen LogP contribution >= 0.6 is 22.6 Å². The van der Waals surface area contributed by atoms with Crippen LogP contribution in [-0.4, -0.2) is 10.1 Å². The van der Waals surface area contributed by atoms with Crippen LogP contribution in [0.5, 0.6) is 0 Å². The van der Waals surface area contributed by atoms with E-state index in [9.17, 15) is 4.39 Å². The molecule has 5 heteroatoms. The largest absolute Gasteiger partial charge is 0.342 e. The highest BCUT2D eigenvalue weighted by Crippen LogP contribution is 2.22. The van der Waals surface area contributed by atoms with Crippen LogP contribution in [0.2, 0.25) is 0 Å². The summed E-state index contributed by atoms with van der Waals surface area (Å²) < 4.78 is 18.1. The Morgan fingerprint density at radius 3 is 2.85 bits per heavy atom. The van der Waals surface area contributed by atoms with Crippen molar-refractivity contribution in [2.24, 2.45) is 0 Å². The SMILES string of the molecule is Fc1ccc(-c2ncon2)c(I)c1. The molecule has 1 heterocycles. The van der Waals surface area contributed by atoms with Crippen LogP contribution in [0.1, 0.15) is 0 Å². The first-order valence-electron chi connectivity index (χ1n) is 3.49. The Morgan fingerprint density at radius 1 is 1.38 bits per heavy atom. The Labute approximate surface area is 87.1 Å². The van der Waals surface area contributed by atoms with Crippen LogP contribution in [-0.2, 0) is 0 Å². The van der Waals surface area contributed by atoms with Crippen LogP contribution in [0.3, 0.4) is 0 Å². The highest BCUT2D eigenvalue weighted by atomic mass is 127. The van der Waals surface area contributed by atoms with Gasteiger partial charge in [-0.25, -0.2) is 4.39 Å². The molecule has 0 unspecified atom stereocenters. The van der Waals surface area contributed by atoms with E-state index in [1.165, 1.54) is 18.5 Å². The van der Waals surface area contributed by atoms with Gasteiger partial charge in [-0.3, -0.25) is 0 Å². The zero-order chi connectivity index (χ0) is 9.26. The molecule has 0 saturated heterocycles. The van der Waals surface area contributed by atoms with Crippen LogP contribution < -0.4 is 0 Å². The number of hydrogen-bond acceptors (Lipinski definition) is 3. The van der Waals surface area contributed by atoms with Gasteiger partial charge in [0.25, 0.3) is 0 Å². The van der Waals surface area contributed by atoms with E-state index < -0.39 is 0 Å². The van der Waals surface area contributed by atoms with E-state index in [1.807, 2.05) is 22.6 Å². The van der Waals surface area contributed by atoms with Crippen molar-refractivity contribution < 1.29 is 8.91 Å². The monoisotopic (exact) mass is 290 g/mol. The summed E-state index contributed by atoms with van der Waals surface area (Å²) in [5.41, 5.74) is 0.774. The molecular formula is C8H4FIN2O. The minimum Gasteiger partial charge on any atom is -0.342 e. The molecule has 1 aromatic heterocycles. The lowest BCUT2D eigenvalue weighted by molar-refractivity contribution is 0.418. The second kappa shape index (κ2) is 3.41. The Morgan fingerprint density at radius 2 is 2.23 bits per heavy atom. The van der Waals surface area contributed by atoms with E-state index in [0.29, 0.717) is 5.82 Å². The van der Waals surface area contributed by atoms with Crippen LogP contribution in [0, 0.1) is 9.39 Å². The van der Waals surface area contributed by atoms with Crippen molar-refractivity contribution in [2.45, 2.75) is 0 Å².